The van der Waals surface area contributed by atoms with E-state index in [0.717, 1.165) is 6.29 Å². The summed E-state index contributed by atoms with van der Waals surface area (Å²) < 4.78 is 6.11. The summed E-state index contributed by atoms with van der Waals surface area (Å²) in [6.45, 7) is 0. The van der Waals surface area contributed by atoms with Gasteiger partial charge in [0.15, 0.2) is 0 Å². The molecule has 1 atom stereocenters. The number of aromatic nitrogens is 2. The van der Waals surface area contributed by atoms with E-state index in [1.807, 2.05) is 0 Å². The Labute approximate surface area is 102 Å². The van der Waals surface area contributed by atoms with E-state index < -0.39 is 0 Å². The van der Waals surface area contributed by atoms with Gasteiger partial charge in [0, 0.05) is 26.8 Å². The summed E-state index contributed by atoms with van der Waals surface area (Å²) in [7, 11) is 3.25. The second kappa shape index (κ2) is 5.91. The molecule has 0 N–H and O–H groups in total. The third-order valence-electron chi connectivity index (χ3n) is 2.18. The quantitative estimate of drug-likeness (QED) is 0.722. The predicted octanol–water partition coefficient (Wildman–Crippen LogP) is 0.955. The van der Waals surface area contributed by atoms with Crippen LogP contribution in [0.25, 0.3) is 0 Å². The van der Waals surface area contributed by atoms with Crippen molar-refractivity contribution in [2.24, 2.45) is 0 Å². The van der Waals surface area contributed by atoms with Crippen molar-refractivity contribution < 1.29 is 9.53 Å². The van der Waals surface area contributed by atoms with E-state index in [4.69, 9.17) is 0 Å². The zero-order chi connectivity index (χ0) is 12.1. The summed E-state index contributed by atoms with van der Waals surface area (Å²) in [6.07, 6.45) is 3.67. The lowest BCUT2D eigenvalue weighted by atomic mass is 10.2. The zero-order valence-corrected chi connectivity index (χ0v) is 10.7. The first kappa shape index (κ1) is 13.1. The average molecular weight is 289 g/mol. The van der Waals surface area contributed by atoms with Crippen LogP contribution in [-0.4, -0.2) is 30.1 Å². The number of aldehydes is 1. The van der Waals surface area contributed by atoms with Crippen LogP contribution in [0.2, 0.25) is 0 Å². The van der Waals surface area contributed by atoms with Gasteiger partial charge in [0.1, 0.15) is 16.6 Å². The maximum Gasteiger partial charge on any atom is 0.268 e. The van der Waals surface area contributed by atoms with Crippen molar-refractivity contribution in [3.8, 4) is 0 Å². The van der Waals surface area contributed by atoms with E-state index >= 15 is 0 Å². The number of fused-ring (bicyclic) bond motifs is 1. The van der Waals surface area contributed by atoms with Crippen LogP contribution in [-0.2, 0) is 16.0 Å². The molecule has 2 rings (SSSR count). The first-order valence-corrected chi connectivity index (χ1v) is 5.56. The number of rotatable bonds is 1. The van der Waals surface area contributed by atoms with Gasteiger partial charge in [-0.2, -0.15) is 0 Å². The standard InChI is InChI=1S/C8H7BrN2O2.C2H6O/c9-6-3-10-7-2-1-5(4-12)11(7)8(6)13;1-3-2/h3-5H,1-2H2;1-2H3. The average Bonchev–Trinajstić information content (AvgIpc) is 2.68. The molecule has 0 saturated carbocycles. The van der Waals surface area contributed by atoms with Gasteiger partial charge in [-0.05, 0) is 22.4 Å². The van der Waals surface area contributed by atoms with Crippen LogP contribution in [0.5, 0.6) is 0 Å². The maximum atomic E-state index is 11.5. The molecule has 0 fully saturated rings. The Morgan fingerprint density at radius 2 is 2.25 bits per heavy atom. The van der Waals surface area contributed by atoms with Crippen LogP contribution in [0.4, 0.5) is 0 Å². The third kappa shape index (κ3) is 2.56. The van der Waals surface area contributed by atoms with Gasteiger partial charge in [0.2, 0.25) is 0 Å². The van der Waals surface area contributed by atoms with E-state index in [1.54, 1.807) is 14.2 Å². The highest BCUT2D eigenvalue weighted by atomic mass is 79.9. The molecule has 1 aliphatic heterocycles. The molecular weight excluding hydrogens is 276 g/mol. The molecule has 5 nitrogen and oxygen atoms in total. The summed E-state index contributed by atoms with van der Waals surface area (Å²) >= 11 is 3.09. The van der Waals surface area contributed by atoms with Crippen LogP contribution in [0.3, 0.4) is 0 Å². The van der Waals surface area contributed by atoms with Gasteiger partial charge in [-0.15, -0.1) is 0 Å². The summed E-state index contributed by atoms with van der Waals surface area (Å²) in [5.41, 5.74) is -0.167. The van der Waals surface area contributed by atoms with Gasteiger partial charge in [0.25, 0.3) is 5.56 Å². The molecule has 6 heteroatoms. The normalized spacial score (nSPS) is 17.3. The fourth-order valence-electron chi connectivity index (χ4n) is 1.54. The van der Waals surface area contributed by atoms with Crippen LogP contribution in [0, 0.1) is 0 Å². The molecule has 0 amide bonds. The summed E-state index contributed by atoms with van der Waals surface area (Å²) in [5.74, 6) is 0.699. The number of nitrogens with zero attached hydrogens (tertiary/aromatic N) is 2. The van der Waals surface area contributed by atoms with Gasteiger partial charge < -0.3 is 9.53 Å². The number of carbonyl (C=O) groups excluding carboxylic acids is 1. The minimum absolute atomic E-state index is 0.167. The van der Waals surface area contributed by atoms with E-state index in [2.05, 4.69) is 25.7 Å². The van der Waals surface area contributed by atoms with Crippen molar-refractivity contribution in [1.82, 2.24) is 9.55 Å². The minimum atomic E-state index is -0.326. The van der Waals surface area contributed by atoms with Crippen LogP contribution >= 0.6 is 15.9 Å². The second-order valence-electron chi connectivity index (χ2n) is 3.35. The number of carbonyl (C=O) groups is 1. The minimum Gasteiger partial charge on any atom is -0.388 e. The highest BCUT2D eigenvalue weighted by Crippen LogP contribution is 2.20. The first-order chi connectivity index (χ1) is 7.65. The highest BCUT2D eigenvalue weighted by molar-refractivity contribution is 9.10. The van der Waals surface area contributed by atoms with Crippen LogP contribution in [0.15, 0.2) is 15.5 Å². The topological polar surface area (TPSA) is 61.2 Å². The Morgan fingerprint density at radius 3 is 2.81 bits per heavy atom. The summed E-state index contributed by atoms with van der Waals surface area (Å²) in [5, 5.41) is 0. The third-order valence-corrected chi connectivity index (χ3v) is 2.72. The highest BCUT2D eigenvalue weighted by Gasteiger charge is 2.24. The lowest BCUT2D eigenvalue weighted by molar-refractivity contribution is -0.110. The van der Waals surface area contributed by atoms with Crippen molar-refractivity contribution in [3.63, 3.8) is 0 Å². The Balaban J connectivity index is 0.000000386. The van der Waals surface area contributed by atoms with Crippen molar-refractivity contribution in [2.45, 2.75) is 18.9 Å². The number of ether oxygens (including phenoxy) is 1. The monoisotopic (exact) mass is 288 g/mol. The first-order valence-electron chi connectivity index (χ1n) is 4.77. The molecule has 1 aromatic heterocycles. The SMILES string of the molecule is COC.O=CC1CCc2ncc(Br)c(=O)n21. The number of aryl methyl sites for hydroxylation is 1. The van der Waals surface area contributed by atoms with Crippen LogP contribution < -0.4 is 5.56 Å². The summed E-state index contributed by atoms with van der Waals surface area (Å²) in [6, 6.07) is -0.326. The number of halogens is 1. The molecule has 1 aromatic rings. The van der Waals surface area contributed by atoms with E-state index in [1.165, 1.54) is 10.8 Å². The summed E-state index contributed by atoms with van der Waals surface area (Å²) in [4.78, 5) is 26.3. The maximum absolute atomic E-state index is 11.5. The molecule has 1 aliphatic rings. The molecule has 0 bridgehead atoms. The fourth-order valence-corrected chi connectivity index (χ4v) is 1.84. The fraction of sp³-hybridized carbons (Fsp3) is 0.500. The molecule has 2 heterocycles. The number of methoxy groups -OCH3 is 1. The largest absolute Gasteiger partial charge is 0.388 e. The Kier molecular flexibility index (Phi) is 4.82. The van der Waals surface area contributed by atoms with Gasteiger partial charge in [-0.1, -0.05) is 0 Å². The molecular formula is C10H13BrN2O3. The zero-order valence-electron chi connectivity index (χ0n) is 9.14. The number of hydrogen-bond acceptors (Lipinski definition) is 4. The molecule has 16 heavy (non-hydrogen) atoms. The van der Waals surface area contributed by atoms with Crippen molar-refractivity contribution in [2.75, 3.05) is 14.2 Å². The van der Waals surface area contributed by atoms with Crippen LogP contribution in [0.1, 0.15) is 18.3 Å². The molecule has 88 valence electrons. The predicted molar refractivity (Wildman–Crippen MR) is 62.6 cm³/mol. The Morgan fingerprint density at radius 1 is 1.62 bits per heavy atom. The number of hydrogen-bond donors (Lipinski definition) is 0. The molecule has 0 aromatic carbocycles. The molecule has 0 aliphatic carbocycles. The van der Waals surface area contributed by atoms with E-state index in [0.29, 0.717) is 23.1 Å². The van der Waals surface area contributed by atoms with E-state index in [9.17, 15) is 9.59 Å². The molecule has 0 spiro atoms. The van der Waals surface area contributed by atoms with Crippen molar-refractivity contribution in [3.05, 3.63) is 26.8 Å². The smallest absolute Gasteiger partial charge is 0.268 e. The van der Waals surface area contributed by atoms with Crippen molar-refractivity contribution in [1.29, 1.82) is 0 Å². The van der Waals surface area contributed by atoms with Gasteiger partial charge in [0.05, 0.1) is 6.04 Å². The molecule has 1 unspecified atom stereocenters. The van der Waals surface area contributed by atoms with E-state index in [-0.39, 0.29) is 11.6 Å². The second-order valence-corrected chi connectivity index (χ2v) is 4.20. The van der Waals surface area contributed by atoms with Crippen molar-refractivity contribution >= 4 is 22.2 Å². The van der Waals surface area contributed by atoms with Gasteiger partial charge in [-0.25, -0.2) is 4.98 Å². The molecule has 0 saturated heterocycles. The lowest BCUT2D eigenvalue weighted by Crippen LogP contribution is -2.25. The van der Waals surface area contributed by atoms with Gasteiger partial charge >= 0.3 is 0 Å². The lowest BCUT2D eigenvalue weighted by Gasteiger charge is -2.06. The Bertz CT molecular complexity index is 431. The molecule has 0 radical (unpaired) electrons. The van der Waals surface area contributed by atoms with Gasteiger partial charge in [-0.3, -0.25) is 9.36 Å². The Hall–Kier alpha value is -1.01.